The lowest BCUT2D eigenvalue weighted by atomic mass is 10.1. The molecule has 1 aromatic carbocycles. The predicted molar refractivity (Wildman–Crippen MR) is 105 cm³/mol. The SMILES string of the molecule is COc1ccc(CCN(C[C@H]2CCCO2)C(=O)c2cc(C)nc(C)c2)cc1. The minimum atomic E-state index is 0.0487. The second kappa shape index (κ2) is 9.00. The predicted octanol–water partition coefficient (Wildman–Crippen LogP) is 3.57. The van der Waals surface area contributed by atoms with Crippen molar-refractivity contribution in [2.75, 3.05) is 26.8 Å². The standard InChI is InChI=1S/C22H28N2O3/c1-16-13-19(14-17(2)23-16)22(25)24(15-21-5-4-12-27-21)11-10-18-6-8-20(26-3)9-7-18/h6-9,13-14,21H,4-5,10-12,15H2,1-3H3/t21-/m1/s1. The monoisotopic (exact) mass is 368 g/mol. The number of aromatic nitrogens is 1. The lowest BCUT2D eigenvalue weighted by Crippen LogP contribution is -2.39. The second-order valence-corrected chi connectivity index (χ2v) is 7.12. The van der Waals surface area contributed by atoms with Crippen molar-refractivity contribution in [3.63, 3.8) is 0 Å². The fourth-order valence-corrected chi connectivity index (χ4v) is 3.51. The highest BCUT2D eigenvalue weighted by molar-refractivity contribution is 5.94. The van der Waals surface area contributed by atoms with Gasteiger partial charge in [0.1, 0.15) is 5.75 Å². The van der Waals surface area contributed by atoms with Crippen molar-refractivity contribution in [2.24, 2.45) is 0 Å². The number of pyridine rings is 1. The molecule has 0 saturated carbocycles. The molecule has 0 spiro atoms. The molecule has 1 amide bonds. The summed E-state index contributed by atoms with van der Waals surface area (Å²) in [6, 6.07) is 11.7. The van der Waals surface area contributed by atoms with E-state index in [9.17, 15) is 4.79 Å². The summed E-state index contributed by atoms with van der Waals surface area (Å²) in [4.78, 5) is 19.5. The van der Waals surface area contributed by atoms with Gasteiger partial charge in [-0.2, -0.15) is 0 Å². The van der Waals surface area contributed by atoms with Crippen LogP contribution in [0.1, 0.15) is 40.2 Å². The van der Waals surface area contributed by atoms with Crippen LogP contribution in [0.15, 0.2) is 36.4 Å². The summed E-state index contributed by atoms with van der Waals surface area (Å²) in [7, 11) is 1.66. The topological polar surface area (TPSA) is 51.7 Å². The Hall–Kier alpha value is -2.40. The first-order valence-corrected chi connectivity index (χ1v) is 9.54. The maximum absolute atomic E-state index is 13.2. The third-order valence-electron chi connectivity index (χ3n) is 4.89. The molecule has 3 rings (SSSR count). The molecule has 2 aromatic rings. The van der Waals surface area contributed by atoms with E-state index in [-0.39, 0.29) is 12.0 Å². The zero-order valence-corrected chi connectivity index (χ0v) is 16.4. The van der Waals surface area contributed by atoms with Gasteiger partial charge < -0.3 is 14.4 Å². The first kappa shape index (κ1) is 19.4. The molecular weight excluding hydrogens is 340 g/mol. The molecule has 1 aliphatic heterocycles. The maximum atomic E-state index is 13.2. The molecule has 2 heterocycles. The highest BCUT2D eigenvalue weighted by Crippen LogP contribution is 2.17. The van der Waals surface area contributed by atoms with Crippen molar-refractivity contribution in [1.82, 2.24) is 9.88 Å². The largest absolute Gasteiger partial charge is 0.497 e. The third kappa shape index (κ3) is 5.30. The third-order valence-corrected chi connectivity index (χ3v) is 4.89. The van der Waals surface area contributed by atoms with Gasteiger partial charge in [-0.15, -0.1) is 0 Å². The van der Waals surface area contributed by atoms with Gasteiger partial charge in [0.2, 0.25) is 0 Å². The van der Waals surface area contributed by atoms with Gasteiger partial charge in [-0.25, -0.2) is 0 Å². The van der Waals surface area contributed by atoms with Crippen LogP contribution in [0.25, 0.3) is 0 Å². The van der Waals surface area contributed by atoms with Gasteiger partial charge in [0.25, 0.3) is 5.91 Å². The molecule has 0 N–H and O–H groups in total. The van der Waals surface area contributed by atoms with E-state index >= 15 is 0 Å². The van der Waals surface area contributed by atoms with Crippen molar-refractivity contribution in [3.05, 3.63) is 58.9 Å². The Morgan fingerprint density at radius 3 is 2.52 bits per heavy atom. The molecule has 0 unspecified atom stereocenters. The van der Waals surface area contributed by atoms with E-state index in [1.165, 1.54) is 5.56 Å². The van der Waals surface area contributed by atoms with E-state index in [4.69, 9.17) is 9.47 Å². The molecule has 0 radical (unpaired) electrons. The van der Waals surface area contributed by atoms with Crippen molar-refractivity contribution in [2.45, 2.75) is 39.2 Å². The van der Waals surface area contributed by atoms with Gasteiger partial charge >= 0.3 is 0 Å². The van der Waals surface area contributed by atoms with E-state index < -0.39 is 0 Å². The van der Waals surface area contributed by atoms with Gasteiger partial charge in [-0.05, 0) is 62.9 Å². The zero-order chi connectivity index (χ0) is 19.2. The second-order valence-electron chi connectivity index (χ2n) is 7.12. The summed E-state index contributed by atoms with van der Waals surface area (Å²) >= 11 is 0. The minimum Gasteiger partial charge on any atom is -0.497 e. The fourth-order valence-electron chi connectivity index (χ4n) is 3.51. The van der Waals surface area contributed by atoms with Crippen molar-refractivity contribution >= 4 is 5.91 Å². The molecule has 1 atom stereocenters. The summed E-state index contributed by atoms with van der Waals surface area (Å²) in [5.74, 6) is 0.890. The van der Waals surface area contributed by atoms with Crippen molar-refractivity contribution in [3.8, 4) is 5.75 Å². The van der Waals surface area contributed by atoms with Crippen LogP contribution in [-0.4, -0.2) is 48.7 Å². The molecule has 0 bridgehead atoms. The van der Waals surface area contributed by atoms with Crippen LogP contribution in [0.4, 0.5) is 0 Å². The quantitative estimate of drug-likeness (QED) is 0.750. The molecule has 1 aromatic heterocycles. The van der Waals surface area contributed by atoms with Crippen molar-refractivity contribution < 1.29 is 14.3 Å². The van der Waals surface area contributed by atoms with E-state index in [0.717, 1.165) is 43.0 Å². The number of nitrogens with zero attached hydrogens (tertiary/aromatic N) is 2. The number of methoxy groups -OCH3 is 1. The van der Waals surface area contributed by atoms with Gasteiger partial charge in [0.05, 0.1) is 13.2 Å². The molecular formula is C22H28N2O3. The summed E-state index contributed by atoms with van der Waals surface area (Å²) in [6.07, 6.45) is 3.01. The molecule has 1 saturated heterocycles. The number of carbonyl (C=O) groups excluding carboxylic acids is 1. The average Bonchev–Trinajstić information content (AvgIpc) is 3.17. The van der Waals surface area contributed by atoms with Crippen LogP contribution < -0.4 is 4.74 Å². The number of hydrogen-bond donors (Lipinski definition) is 0. The van der Waals surface area contributed by atoms with Gasteiger partial charge in [-0.3, -0.25) is 9.78 Å². The van der Waals surface area contributed by atoms with Crippen LogP contribution in [0.2, 0.25) is 0 Å². The number of benzene rings is 1. The van der Waals surface area contributed by atoms with E-state index in [1.54, 1.807) is 7.11 Å². The minimum absolute atomic E-state index is 0.0487. The van der Waals surface area contributed by atoms with Crippen LogP contribution in [0, 0.1) is 13.8 Å². The number of aryl methyl sites for hydroxylation is 2. The summed E-state index contributed by atoms with van der Waals surface area (Å²) in [6.45, 7) is 5.93. The molecule has 5 heteroatoms. The van der Waals surface area contributed by atoms with E-state index in [2.05, 4.69) is 4.98 Å². The smallest absolute Gasteiger partial charge is 0.254 e. The first-order chi connectivity index (χ1) is 13.0. The Morgan fingerprint density at radius 2 is 1.93 bits per heavy atom. The van der Waals surface area contributed by atoms with Crippen LogP contribution >= 0.6 is 0 Å². The van der Waals surface area contributed by atoms with E-state index in [1.807, 2.05) is 55.1 Å². The first-order valence-electron chi connectivity index (χ1n) is 9.54. The average molecular weight is 368 g/mol. The Bertz CT molecular complexity index is 747. The van der Waals surface area contributed by atoms with Crippen LogP contribution in [0.5, 0.6) is 5.75 Å². The number of carbonyl (C=O) groups is 1. The number of ether oxygens (including phenoxy) is 2. The summed E-state index contributed by atoms with van der Waals surface area (Å²) in [5, 5.41) is 0. The molecule has 1 aliphatic rings. The Balaban J connectivity index is 1.73. The molecule has 27 heavy (non-hydrogen) atoms. The molecule has 5 nitrogen and oxygen atoms in total. The Labute approximate surface area is 161 Å². The number of rotatable bonds is 7. The molecule has 1 fully saturated rings. The van der Waals surface area contributed by atoms with E-state index in [0.29, 0.717) is 18.7 Å². The highest BCUT2D eigenvalue weighted by atomic mass is 16.5. The summed E-state index contributed by atoms with van der Waals surface area (Å²) in [5.41, 5.74) is 3.62. The lowest BCUT2D eigenvalue weighted by molar-refractivity contribution is 0.0528. The summed E-state index contributed by atoms with van der Waals surface area (Å²) < 4.78 is 11.0. The van der Waals surface area contributed by atoms with Crippen LogP contribution in [0.3, 0.4) is 0 Å². The number of hydrogen-bond acceptors (Lipinski definition) is 4. The fraction of sp³-hybridized carbons (Fsp3) is 0.455. The van der Waals surface area contributed by atoms with Gasteiger partial charge in [0.15, 0.2) is 0 Å². The molecule has 144 valence electrons. The zero-order valence-electron chi connectivity index (χ0n) is 16.4. The normalized spacial score (nSPS) is 16.3. The highest BCUT2D eigenvalue weighted by Gasteiger charge is 2.23. The Kier molecular flexibility index (Phi) is 6.45. The number of amides is 1. The van der Waals surface area contributed by atoms with Gasteiger partial charge in [-0.1, -0.05) is 12.1 Å². The Morgan fingerprint density at radius 1 is 1.22 bits per heavy atom. The lowest BCUT2D eigenvalue weighted by Gasteiger charge is -2.26. The maximum Gasteiger partial charge on any atom is 0.254 e. The van der Waals surface area contributed by atoms with Crippen molar-refractivity contribution in [1.29, 1.82) is 0 Å². The molecule has 0 aliphatic carbocycles. The van der Waals surface area contributed by atoms with Crippen LogP contribution in [-0.2, 0) is 11.2 Å². The van der Waals surface area contributed by atoms with Gasteiger partial charge in [0, 0.05) is 36.6 Å².